The molecule has 0 aliphatic carbocycles. The maximum Gasteiger partial charge on any atom is 0.224 e. The summed E-state index contributed by atoms with van der Waals surface area (Å²) >= 11 is 0. The molecule has 2 aromatic rings. The molecule has 0 bridgehead atoms. The summed E-state index contributed by atoms with van der Waals surface area (Å²) in [6.45, 7) is 2.97. The van der Waals surface area contributed by atoms with Gasteiger partial charge in [-0.15, -0.1) is 10.2 Å². The molecule has 1 aliphatic rings. The average Bonchev–Trinajstić information content (AvgIpc) is 3.19. The number of fused-ring (bicyclic) bond motifs is 1. The van der Waals surface area contributed by atoms with Gasteiger partial charge < -0.3 is 14.6 Å². The number of amides is 1. The molecule has 2 heterocycles. The molecule has 25 heavy (non-hydrogen) atoms. The molecule has 0 fully saturated rings. The lowest BCUT2D eigenvalue weighted by atomic mass is 10.0. The van der Waals surface area contributed by atoms with Crippen molar-refractivity contribution in [3.05, 3.63) is 41.0 Å². The third-order valence-corrected chi connectivity index (χ3v) is 4.39. The van der Waals surface area contributed by atoms with Crippen molar-refractivity contribution < 1.29 is 14.3 Å². The van der Waals surface area contributed by atoms with Gasteiger partial charge in [0.15, 0.2) is 5.78 Å². The minimum atomic E-state index is -0.111. The van der Waals surface area contributed by atoms with Crippen LogP contribution in [0.3, 0.4) is 0 Å². The standard InChI is InChI=1S/C18H22N4O3/c1-12(23)13-5-6-15(25-2)14(10-13)11-18(24)19-8-7-17-21-20-16-4-3-9-22(16)17/h5-6,10H,3-4,7-9,11H2,1-2H3,(H,19,24). The van der Waals surface area contributed by atoms with E-state index in [1.54, 1.807) is 25.3 Å². The molecule has 0 saturated carbocycles. The molecule has 0 saturated heterocycles. The Kier molecular flexibility index (Phi) is 5.11. The molecule has 3 rings (SSSR count). The van der Waals surface area contributed by atoms with E-state index < -0.39 is 0 Å². The normalized spacial score (nSPS) is 12.7. The molecule has 1 aromatic heterocycles. The second-order valence-corrected chi connectivity index (χ2v) is 6.15. The maximum atomic E-state index is 12.2. The number of nitrogens with zero attached hydrogens (tertiary/aromatic N) is 3. The van der Waals surface area contributed by atoms with Gasteiger partial charge in [0.25, 0.3) is 0 Å². The van der Waals surface area contributed by atoms with Crippen LogP contribution in [0.2, 0.25) is 0 Å². The van der Waals surface area contributed by atoms with Crippen molar-refractivity contribution in [2.75, 3.05) is 13.7 Å². The van der Waals surface area contributed by atoms with Crippen molar-refractivity contribution in [3.8, 4) is 5.75 Å². The first kappa shape index (κ1) is 17.1. The van der Waals surface area contributed by atoms with Gasteiger partial charge in [-0.25, -0.2) is 0 Å². The number of aromatic nitrogens is 3. The largest absolute Gasteiger partial charge is 0.496 e. The van der Waals surface area contributed by atoms with E-state index in [1.165, 1.54) is 6.92 Å². The number of benzene rings is 1. The van der Waals surface area contributed by atoms with Gasteiger partial charge in [-0.1, -0.05) is 0 Å². The molecule has 1 amide bonds. The van der Waals surface area contributed by atoms with Crippen LogP contribution in [0.15, 0.2) is 18.2 Å². The fourth-order valence-corrected chi connectivity index (χ4v) is 3.08. The number of methoxy groups -OCH3 is 1. The van der Waals surface area contributed by atoms with Gasteiger partial charge in [0.2, 0.25) is 5.91 Å². The zero-order valence-electron chi connectivity index (χ0n) is 14.5. The van der Waals surface area contributed by atoms with Gasteiger partial charge in [0.1, 0.15) is 17.4 Å². The number of carbonyl (C=O) groups excluding carboxylic acids is 2. The molecule has 1 aromatic carbocycles. The Labute approximate surface area is 146 Å². The second-order valence-electron chi connectivity index (χ2n) is 6.15. The van der Waals surface area contributed by atoms with Gasteiger partial charge in [0, 0.05) is 37.1 Å². The highest BCUT2D eigenvalue weighted by Crippen LogP contribution is 2.21. The van der Waals surface area contributed by atoms with Crippen molar-refractivity contribution in [1.29, 1.82) is 0 Å². The van der Waals surface area contributed by atoms with E-state index in [-0.39, 0.29) is 18.1 Å². The molecule has 0 radical (unpaired) electrons. The van der Waals surface area contributed by atoms with Crippen molar-refractivity contribution in [1.82, 2.24) is 20.1 Å². The SMILES string of the molecule is COc1ccc(C(C)=O)cc1CC(=O)NCCc1nnc2n1CCC2. The first-order valence-electron chi connectivity index (χ1n) is 8.44. The first-order chi connectivity index (χ1) is 12.1. The number of ketones is 1. The maximum absolute atomic E-state index is 12.2. The minimum Gasteiger partial charge on any atom is -0.496 e. The van der Waals surface area contributed by atoms with E-state index in [1.807, 2.05) is 0 Å². The third-order valence-electron chi connectivity index (χ3n) is 4.39. The van der Waals surface area contributed by atoms with Crippen LogP contribution in [0.4, 0.5) is 0 Å². The monoisotopic (exact) mass is 342 g/mol. The topological polar surface area (TPSA) is 86.1 Å². The summed E-state index contributed by atoms with van der Waals surface area (Å²) in [7, 11) is 1.55. The lowest BCUT2D eigenvalue weighted by Crippen LogP contribution is -2.28. The average molecular weight is 342 g/mol. The van der Waals surface area contributed by atoms with Crippen LogP contribution in [0.25, 0.3) is 0 Å². The smallest absolute Gasteiger partial charge is 0.224 e. The van der Waals surface area contributed by atoms with Gasteiger partial charge in [-0.3, -0.25) is 9.59 Å². The molecule has 1 N–H and O–H groups in total. The van der Waals surface area contributed by atoms with Crippen LogP contribution in [0.1, 0.15) is 40.9 Å². The summed E-state index contributed by atoms with van der Waals surface area (Å²) in [4.78, 5) is 23.8. The van der Waals surface area contributed by atoms with E-state index in [0.29, 0.717) is 29.8 Å². The summed E-state index contributed by atoms with van der Waals surface area (Å²) in [5, 5.41) is 11.2. The molecular weight excluding hydrogens is 320 g/mol. The molecule has 132 valence electrons. The summed E-state index contributed by atoms with van der Waals surface area (Å²) < 4.78 is 7.41. The summed E-state index contributed by atoms with van der Waals surface area (Å²) in [6.07, 6.45) is 2.91. The lowest BCUT2D eigenvalue weighted by Gasteiger charge is -2.10. The number of nitrogens with one attached hydrogen (secondary N) is 1. The number of hydrogen-bond acceptors (Lipinski definition) is 5. The van der Waals surface area contributed by atoms with E-state index in [0.717, 1.165) is 31.0 Å². The minimum absolute atomic E-state index is 0.0371. The zero-order chi connectivity index (χ0) is 17.8. The van der Waals surface area contributed by atoms with Crippen LogP contribution < -0.4 is 10.1 Å². The van der Waals surface area contributed by atoms with Gasteiger partial charge >= 0.3 is 0 Å². The van der Waals surface area contributed by atoms with E-state index in [9.17, 15) is 9.59 Å². The van der Waals surface area contributed by atoms with Crippen molar-refractivity contribution in [3.63, 3.8) is 0 Å². The Balaban J connectivity index is 1.57. The Morgan fingerprint density at radius 3 is 2.92 bits per heavy atom. The van der Waals surface area contributed by atoms with Crippen molar-refractivity contribution in [2.45, 2.75) is 39.2 Å². The third kappa shape index (κ3) is 3.87. The predicted octanol–water partition coefficient (Wildman–Crippen LogP) is 1.34. The molecular formula is C18H22N4O3. The highest BCUT2D eigenvalue weighted by atomic mass is 16.5. The number of ether oxygens (including phenoxy) is 1. The fourth-order valence-electron chi connectivity index (χ4n) is 3.08. The fraction of sp³-hybridized carbons (Fsp3) is 0.444. The quantitative estimate of drug-likeness (QED) is 0.767. The van der Waals surface area contributed by atoms with Crippen molar-refractivity contribution >= 4 is 11.7 Å². The Hall–Kier alpha value is -2.70. The lowest BCUT2D eigenvalue weighted by molar-refractivity contribution is -0.120. The zero-order valence-corrected chi connectivity index (χ0v) is 14.5. The molecule has 0 unspecified atom stereocenters. The Bertz CT molecular complexity index is 798. The van der Waals surface area contributed by atoms with Crippen LogP contribution in [0, 0.1) is 0 Å². The Morgan fingerprint density at radius 2 is 2.16 bits per heavy atom. The number of Topliss-reactive ketones (excluding diaryl/α,β-unsaturated/α-hetero) is 1. The predicted molar refractivity (Wildman–Crippen MR) is 91.8 cm³/mol. The van der Waals surface area contributed by atoms with Crippen LogP contribution in [-0.4, -0.2) is 40.1 Å². The number of rotatable bonds is 7. The van der Waals surface area contributed by atoms with E-state index >= 15 is 0 Å². The summed E-state index contributed by atoms with van der Waals surface area (Å²) in [6, 6.07) is 5.14. The van der Waals surface area contributed by atoms with Crippen molar-refractivity contribution in [2.24, 2.45) is 0 Å². The van der Waals surface area contributed by atoms with E-state index in [4.69, 9.17) is 4.74 Å². The summed E-state index contributed by atoms with van der Waals surface area (Å²) in [5.74, 6) is 2.41. The highest BCUT2D eigenvalue weighted by molar-refractivity contribution is 5.94. The molecule has 7 heteroatoms. The first-order valence-corrected chi connectivity index (χ1v) is 8.44. The number of aryl methyl sites for hydroxylation is 1. The van der Waals surface area contributed by atoms with Crippen LogP contribution in [0.5, 0.6) is 5.75 Å². The van der Waals surface area contributed by atoms with Gasteiger partial charge in [-0.05, 0) is 31.5 Å². The van der Waals surface area contributed by atoms with E-state index in [2.05, 4.69) is 20.1 Å². The molecule has 0 atom stereocenters. The molecule has 1 aliphatic heterocycles. The van der Waals surface area contributed by atoms with Gasteiger partial charge in [0.05, 0.1) is 13.5 Å². The Morgan fingerprint density at radius 1 is 1.32 bits per heavy atom. The molecule has 7 nitrogen and oxygen atoms in total. The highest BCUT2D eigenvalue weighted by Gasteiger charge is 2.17. The van der Waals surface area contributed by atoms with Crippen LogP contribution >= 0.6 is 0 Å². The molecule has 0 spiro atoms. The number of hydrogen-bond donors (Lipinski definition) is 1. The number of carbonyl (C=O) groups is 2. The van der Waals surface area contributed by atoms with Crippen LogP contribution in [-0.2, 0) is 30.6 Å². The van der Waals surface area contributed by atoms with Gasteiger partial charge in [-0.2, -0.15) is 0 Å². The second kappa shape index (κ2) is 7.46. The summed E-state index contributed by atoms with van der Waals surface area (Å²) in [5.41, 5.74) is 1.28.